The van der Waals surface area contributed by atoms with Gasteiger partial charge in [0.25, 0.3) is 5.69 Å². The highest BCUT2D eigenvalue weighted by molar-refractivity contribution is 7.89. The normalized spacial score (nSPS) is 22.9. The van der Waals surface area contributed by atoms with Gasteiger partial charge in [0.2, 0.25) is 10.0 Å². The lowest BCUT2D eigenvalue weighted by Gasteiger charge is -2.22. The van der Waals surface area contributed by atoms with Crippen molar-refractivity contribution in [1.29, 1.82) is 0 Å². The van der Waals surface area contributed by atoms with Crippen LogP contribution < -0.4 is 4.72 Å². The van der Waals surface area contributed by atoms with Crippen molar-refractivity contribution in [2.24, 2.45) is 0 Å². The lowest BCUT2D eigenvalue weighted by molar-refractivity contribution is -0.384. The molecule has 0 radical (unpaired) electrons. The summed E-state index contributed by atoms with van der Waals surface area (Å²) in [6.07, 6.45) is 0.975. The maximum atomic E-state index is 12.2. The van der Waals surface area contributed by atoms with E-state index in [1.807, 2.05) is 0 Å². The van der Waals surface area contributed by atoms with Crippen LogP contribution in [-0.4, -0.2) is 35.1 Å². The van der Waals surface area contributed by atoms with Crippen LogP contribution in [0.1, 0.15) is 12.8 Å². The largest absolute Gasteiger partial charge is 0.289 e. The molecule has 0 atom stereocenters. The van der Waals surface area contributed by atoms with Gasteiger partial charge in [-0.3, -0.25) is 14.3 Å². The minimum Gasteiger partial charge on any atom is -0.260 e. The van der Waals surface area contributed by atoms with Gasteiger partial charge in [-0.05, 0) is 25.0 Å². The highest BCUT2D eigenvalue weighted by atomic mass is 35.5. The molecule has 7 nitrogen and oxygen atoms in total. The fraction of sp³-hybridized carbons (Fsp3) is 0.455. The molecule has 0 saturated carbocycles. The summed E-state index contributed by atoms with van der Waals surface area (Å²) >= 11 is 5.66. The summed E-state index contributed by atoms with van der Waals surface area (Å²) in [5, 5.41) is 10.7. The molecular formula is C11H13ClN2O5S2. The molecule has 21 heavy (non-hydrogen) atoms. The average Bonchev–Trinajstić information content (AvgIpc) is 2.41. The van der Waals surface area contributed by atoms with Gasteiger partial charge < -0.3 is 0 Å². The van der Waals surface area contributed by atoms with Crippen LogP contribution in [0.2, 0.25) is 5.02 Å². The van der Waals surface area contributed by atoms with Gasteiger partial charge in [-0.2, -0.15) is 0 Å². The first-order chi connectivity index (χ1) is 9.79. The van der Waals surface area contributed by atoms with Crippen molar-refractivity contribution in [2.45, 2.75) is 23.8 Å². The molecule has 1 heterocycles. The smallest absolute Gasteiger partial charge is 0.260 e. The van der Waals surface area contributed by atoms with E-state index in [4.69, 9.17) is 11.6 Å². The number of halogens is 1. The van der Waals surface area contributed by atoms with E-state index in [9.17, 15) is 22.7 Å². The van der Waals surface area contributed by atoms with Gasteiger partial charge in [0.1, 0.15) is 5.02 Å². The topological polar surface area (TPSA) is 106 Å². The zero-order valence-electron chi connectivity index (χ0n) is 10.8. The highest BCUT2D eigenvalue weighted by Gasteiger charge is 2.26. The van der Waals surface area contributed by atoms with Gasteiger partial charge in [-0.1, -0.05) is 11.6 Å². The third-order valence-electron chi connectivity index (χ3n) is 3.13. The quantitative estimate of drug-likeness (QED) is 0.651. The molecule has 1 aliphatic heterocycles. The second-order valence-corrected chi connectivity index (χ2v) is 8.43. The first-order valence-corrected chi connectivity index (χ1v) is 9.46. The van der Waals surface area contributed by atoms with E-state index in [0.29, 0.717) is 24.3 Å². The molecule has 0 unspecified atom stereocenters. The van der Waals surface area contributed by atoms with Crippen molar-refractivity contribution < 1.29 is 17.6 Å². The van der Waals surface area contributed by atoms with Gasteiger partial charge in [-0.25, -0.2) is 13.1 Å². The number of nitro benzene ring substituents is 1. The summed E-state index contributed by atoms with van der Waals surface area (Å²) < 4.78 is 38.2. The van der Waals surface area contributed by atoms with Gasteiger partial charge in [-0.15, -0.1) is 0 Å². The van der Waals surface area contributed by atoms with Crippen LogP contribution >= 0.6 is 11.6 Å². The van der Waals surface area contributed by atoms with Crippen molar-refractivity contribution >= 4 is 38.1 Å². The SMILES string of the molecule is O=[N+]([O-])c1cc(S(=O)(=O)NC2CCS(=O)CC2)ccc1Cl. The Bertz CT molecular complexity index is 682. The number of nitrogens with zero attached hydrogens (tertiary/aromatic N) is 1. The molecule has 0 bridgehead atoms. The van der Waals surface area contributed by atoms with Crippen LogP contribution in [0.3, 0.4) is 0 Å². The Morgan fingerprint density at radius 1 is 1.33 bits per heavy atom. The first-order valence-electron chi connectivity index (χ1n) is 6.11. The van der Waals surface area contributed by atoms with Crippen molar-refractivity contribution in [3.05, 3.63) is 33.3 Å². The molecule has 116 valence electrons. The van der Waals surface area contributed by atoms with Gasteiger partial charge in [0.05, 0.1) is 9.82 Å². The van der Waals surface area contributed by atoms with Crippen LogP contribution in [0.25, 0.3) is 0 Å². The van der Waals surface area contributed by atoms with E-state index in [0.717, 1.165) is 6.07 Å². The highest BCUT2D eigenvalue weighted by Crippen LogP contribution is 2.27. The molecule has 1 aliphatic rings. The van der Waals surface area contributed by atoms with Crippen LogP contribution in [0.5, 0.6) is 0 Å². The zero-order valence-corrected chi connectivity index (χ0v) is 13.2. The molecule has 2 rings (SSSR count). The van der Waals surface area contributed by atoms with Gasteiger partial charge in [0, 0.05) is 34.4 Å². The number of nitrogens with one attached hydrogen (secondary N) is 1. The van der Waals surface area contributed by atoms with Crippen molar-refractivity contribution in [2.75, 3.05) is 11.5 Å². The average molecular weight is 353 g/mol. The predicted octanol–water partition coefficient (Wildman–Crippen LogP) is 1.44. The second kappa shape index (κ2) is 6.39. The van der Waals surface area contributed by atoms with Crippen LogP contribution in [-0.2, 0) is 20.8 Å². The molecule has 1 N–H and O–H groups in total. The van der Waals surface area contributed by atoms with Crippen molar-refractivity contribution in [3.8, 4) is 0 Å². The molecule has 10 heteroatoms. The number of rotatable bonds is 4. The summed E-state index contributed by atoms with van der Waals surface area (Å²) in [4.78, 5) is 9.86. The number of sulfonamides is 1. The number of hydrogen-bond donors (Lipinski definition) is 1. The predicted molar refractivity (Wildman–Crippen MR) is 79.3 cm³/mol. The van der Waals surface area contributed by atoms with Crippen molar-refractivity contribution in [1.82, 2.24) is 4.72 Å². The Kier molecular flexibility index (Phi) is 4.97. The van der Waals surface area contributed by atoms with Gasteiger partial charge >= 0.3 is 0 Å². The molecule has 1 aromatic carbocycles. The third-order valence-corrected chi connectivity index (χ3v) is 6.35. The Morgan fingerprint density at radius 2 is 1.95 bits per heavy atom. The number of benzene rings is 1. The number of hydrogen-bond acceptors (Lipinski definition) is 5. The summed E-state index contributed by atoms with van der Waals surface area (Å²) in [5.41, 5.74) is -0.454. The summed E-state index contributed by atoms with van der Waals surface area (Å²) in [6.45, 7) is 0. The second-order valence-electron chi connectivity index (χ2n) is 4.61. The Morgan fingerprint density at radius 3 is 2.52 bits per heavy atom. The molecule has 0 amide bonds. The number of nitro groups is 1. The van der Waals surface area contributed by atoms with Gasteiger partial charge in [0.15, 0.2) is 0 Å². The molecule has 0 aromatic heterocycles. The minimum atomic E-state index is -3.86. The van der Waals surface area contributed by atoms with E-state index in [1.165, 1.54) is 12.1 Å². The monoisotopic (exact) mass is 352 g/mol. The van der Waals surface area contributed by atoms with Crippen LogP contribution in [0, 0.1) is 10.1 Å². The molecular weight excluding hydrogens is 340 g/mol. The molecule has 0 spiro atoms. The van der Waals surface area contributed by atoms with E-state index >= 15 is 0 Å². The molecule has 1 saturated heterocycles. The van der Waals surface area contributed by atoms with E-state index in [-0.39, 0.29) is 16.0 Å². The van der Waals surface area contributed by atoms with Crippen LogP contribution in [0.15, 0.2) is 23.1 Å². The summed E-state index contributed by atoms with van der Waals surface area (Å²) in [6, 6.07) is 3.04. The summed E-state index contributed by atoms with van der Waals surface area (Å²) in [5.74, 6) is 0.905. The fourth-order valence-electron chi connectivity index (χ4n) is 2.00. The Labute approximate surface area is 129 Å². The Hall–Kier alpha value is -1.03. The summed E-state index contributed by atoms with van der Waals surface area (Å²) in [7, 11) is -4.75. The maximum Gasteiger partial charge on any atom is 0.289 e. The first kappa shape index (κ1) is 16.3. The van der Waals surface area contributed by atoms with E-state index in [2.05, 4.69) is 4.72 Å². The fourth-order valence-corrected chi connectivity index (χ4v) is 4.81. The lowest BCUT2D eigenvalue weighted by Crippen LogP contribution is -2.39. The standard InChI is InChI=1S/C11H13ClN2O5S2/c12-10-2-1-9(7-11(10)14(15)16)21(18,19)13-8-3-5-20(17)6-4-8/h1-2,7-8,13H,3-6H2. The van der Waals surface area contributed by atoms with Crippen LogP contribution in [0.4, 0.5) is 5.69 Å². The van der Waals surface area contributed by atoms with Crippen molar-refractivity contribution in [3.63, 3.8) is 0 Å². The maximum absolute atomic E-state index is 12.2. The minimum absolute atomic E-state index is 0.119. The Balaban J connectivity index is 2.21. The van der Waals surface area contributed by atoms with E-state index in [1.54, 1.807) is 0 Å². The molecule has 0 aliphatic carbocycles. The lowest BCUT2D eigenvalue weighted by atomic mass is 10.2. The van der Waals surface area contributed by atoms with E-state index < -0.39 is 31.4 Å². The molecule has 1 fully saturated rings. The third kappa shape index (κ3) is 4.00. The zero-order chi connectivity index (χ0) is 15.6. The molecule has 1 aromatic rings.